The van der Waals surface area contributed by atoms with Crippen molar-refractivity contribution in [1.82, 2.24) is 5.32 Å². The molecule has 0 spiro atoms. The van der Waals surface area contributed by atoms with Crippen LogP contribution in [0.5, 0.6) is 0 Å². The Kier molecular flexibility index (Phi) is 11.6. The summed E-state index contributed by atoms with van der Waals surface area (Å²) in [5.74, 6) is 0. The van der Waals surface area contributed by atoms with Crippen molar-refractivity contribution in [2.75, 3.05) is 19.6 Å². The summed E-state index contributed by atoms with van der Waals surface area (Å²) in [7, 11) is 0. The van der Waals surface area contributed by atoms with Crippen LogP contribution in [0.15, 0.2) is 30.3 Å². The average molecular weight is 222 g/mol. The normalized spacial score (nSPS) is 9.44. The first kappa shape index (κ1) is 15.1. The molecule has 0 aromatic heterocycles. The highest BCUT2D eigenvalue weighted by Gasteiger charge is 1.87. The van der Waals surface area contributed by atoms with Crippen LogP contribution in [0.4, 0.5) is 0 Å². The lowest BCUT2D eigenvalue weighted by Crippen LogP contribution is -2.21. The van der Waals surface area contributed by atoms with Crippen molar-refractivity contribution in [3.05, 3.63) is 35.9 Å². The molecule has 0 fully saturated rings. The molecular weight excluding hydrogens is 196 g/mol. The molecule has 0 atom stereocenters. The van der Waals surface area contributed by atoms with E-state index in [1.807, 2.05) is 0 Å². The zero-order valence-corrected chi connectivity index (χ0v) is 10.7. The number of nitrogens with one attached hydrogen (secondary N) is 1. The van der Waals surface area contributed by atoms with Crippen LogP contribution in [0, 0.1) is 0 Å². The molecule has 0 saturated carbocycles. The van der Waals surface area contributed by atoms with E-state index in [-0.39, 0.29) is 0 Å². The van der Waals surface area contributed by atoms with Crippen LogP contribution in [-0.2, 0) is 6.42 Å². The first-order chi connectivity index (χ1) is 7.85. The van der Waals surface area contributed by atoms with Crippen LogP contribution in [0.1, 0.15) is 32.3 Å². The van der Waals surface area contributed by atoms with Crippen LogP contribution < -0.4 is 11.1 Å². The quantitative estimate of drug-likeness (QED) is 0.726. The summed E-state index contributed by atoms with van der Waals surface area (Å²) < 4.78 is 0. The third-order valence-corrected chi connectivity index (χ3v) is 2.23. The maximum absolute atomic E-state index is 5.15. The Hall–Kier alpha value is -0.860. The van der Waals surface area contributed by atoms with Gasteiger partial charge in [0.1, 0.15) is 0 Å². The highest BCUT2D eigenvalue weighted by atomic mass is 14.9. The second-order valence-corrected chi connectivity index (χ2v) is 3.73. The smallest absolute Gasteiger partial charge is 0.00743 e. The zero-order chi connectivity index (χ0) is 12.1. The highest BCUT2D eigenvalue weighted by Crippen LogP contribution is 2.03. The SMILES string of the molecule is CCCCc1ccccc1.CCNCCN. The van der Waals surface area contributed by atoms with E-state index in [4.69, 9.17) is 5.73 Å². The van der Waals surface area contributed by atoms with Gasteiger partial charge in [0.25, 0.3) is 0 Å². The summed E-state index contributed by atoms with van der Waals surface area (Å²) >= 11 is 0. The lowest BCUT2D eigenvalue weighted by atomic mass is 10.1. The van der Waals surface area contributed by atoms with Crippen LogP contribution in [0.2, 0.25) is 0 Å². The highest BCUT2D eigenvalue weighted by molar-refractivity contribution is 5.14. The number of aryl methyl sites for hydroxylation is 1. The second kappa shape index (κ2) is 12.2. The van der Waals surface area contributed by atoms with Crippen molar-refractivity contribution in [2.45, 2.75) is 33.1 Å². The van der Waals surface area contributed by atoms with Gasteiger partial charge >= 0.3 is 0 Å². The Balaban J connectivity index is 0.000000325. The molecule has 92 valence electrons. The minimum Gasteiger partial charge on any atom is -0.329 e. The summed E-state index contributed by atoms with van der Waals surface area (Å²) in [5.41, 5.74) is 6.61. The molecule has 16 heavy (non-hydrogen) atoms. The van der Waals surface area contributed by atoms with Crippen LogP contribution >= 0.6 is 0 Å². The van der Waals surface area contributed by atoms with Gasteiger partial charge in [-0.15, -0.1) is 0 Å². The molecule has 0 aliphatic rings. The lowest BCUT2D eigenvalue weighted by molar-refractivity contribution is 0.725. The molecule has 0 aliphatic heterocycles. The Labute approximate surface area is 100 Å². The Bertz CT molecular complexity index is 217. The average Bonchev–Trinajstić information content (AvgIpc) is 2.36. The van der Waals surface area contributed by atoms with E-state index >= 15 is 0 Å². The molecule has 1 aromatic carbocycles. The fraction of sp³-hybridized carbons (Fsp3) is 0.571. The number of benzene rings is 1. The first-order valence-electron chi connectivity index (χ1n) is 6.29. The van der Waals surface area contributed by atoms with Gasteiger partial charge < -0.3 is 11.1 Å². The van der Waals surface area contributed by atoms with E-state index in [1.165, 1.54) is 24.8 Å². The van der Waals surface area contributed by atoms with E-state index in [0.29, 0.717) is 0 Å². The van der Waals surface area contributed by atoms with Gasteiger partial charge in [0.15, 0.2) is 0 Å². The molecular formula is C14H26N2. The number of unbranched alkanes of at least 4 members (excludes halogenated alkanes) is 1. The fourth-order valence-electron chi connectivity index (χ4n) is 1.30. The molecule has 1 rings (SSSR count). The number of nitrogens with two attached hydrogens (primary N) is 1. The topological polar surface area (TPSA) is 38.0 Å². The summed E-state index contributed by atoms with van der Waals surface area (Å²) in [5, 5.41) is 3.07. The standard InChI is InChI=1S/C10H14.C4H12N2/c1-2-3-7-10-8-5-4-6-9-10;1-2-6-4-3-5/h4-6,8-9H,2-3,7H2,1H3;6H,2-5H2,1H3. The summed E-state index contributed by atoms with van der Waals surface area (Å²) in [6, 6.07) is 10.6. The van der Waals surface area contributed by atoms with Crippen LogP contribution in [0.25, 0.3) is 0 Å². The van der Waals surface area contributed by atoms with Gasteiger partial charge in [-0.05, 0) is 24.9 Å². The van der Waals surface area contributed by atoms with Gasteiger partial charge in [-0.25, -0.2) is 0 Å². The van der Waals surface area contributed by atoms with Crippen molar-refractivity contribution in [2.24, 2.45) is 5.73 Å². The van der Waals surface area contributed by atoms with E-state index < -0.39 is 0 Å². The van der Waals surface area contributed by atoms with E-state index in [2.05, 4.69) is 49.5 Å². The minimum atomic E-state index is 0.744. The van der Waals surface area contributed by atoms with Gasteiger partial charge in [0.2, 0.25) is 0 Å². The molecule has 0 radical (unpaired) electrons. The third-order valence-electron chi connectivity index (χ3n) is 2.23. The van der Waals surface area contributed by atoms with Crippen molar-refractivity contribution in [3.8, 4) is 0 Å². The lowest BCUT2D eigenvalue weighted by Gasteiger charge is -1.96. The van der Waals surface area contributed by atoms with E-state index in [1.54, 1.807) is 0 Å². The predicted octanol–water partition coefficient (Wildman–Crippen LogP) is 2.58. The predicted molar refractivity (Wildman–Crippen MR) is 72.7 cm³/mol. The zero-order valence-electron chi connectivity index (χ0n) is 10.7. The fourth-order valence-corrected chi connectivity index (χ4v) is 1.30. The van der Waals surface area contributed by atoms with Crippen LogP contribution in [-0.4, -0.2) is 19.6 Å². The van der Waals surface area contributed by atoms with Crippen molar-refractivity contribution < 1.29 is 0 Å². The molecule has 3 N–H and O–H groups in total. The molecule has 1 aromatic rings. The number of hydrogen-bond donors (Lipinski definition) is 2. The first-order valence-corrected chi connectivity index (χ1v) is 6.29. The van der Waals surface area contributed by atoms with Gasteiger partial charge in [0.05, 0.1) is 0 Å². The third kappa shape index (κ3) is 9.69. The molecule has 2 heteroatoms. The number of likely N-dealkylation sites (N-methyl/N-ethyl adjacent to an activating group) is 1. The summed E-state index contributed by atoms with van der Waals surface area (Å²) in [6.45, 7) is 7.00. The van der Waals surface area contributed by atoms with E-state index in [9.17, 15) is 0 Å². The maximum Gasteiger partial charge on any atom is 0.00743 e. The Morgan fingerprint density at radius 3 is 2.25 bits per heavy atom. The molecule has 0 amide bonds. The molecule has 0 saturated heterocycles. The van der Waals surface area contributed by atoms with Crippen molar-refractivity contribution >= 4 is 0 Å². The Morgan fingerprint density at radius 2 is 1.81 bits per heavy atom. The molecule has 0 heterocycles. The molecule has 0 unspecified atom stereocenters. The van der Waals surface area contributed by atoms with Gasteiger partial charge in [0, 0.05) is 13.1 Å². The number of hydrogen-bond acceptors (Lipinski definition) is 2. The maximum atomic E-state index is 5.15. The Morgan fingerprint density at radius 1 is 1.12 bits per heavy atom. The van der Waals surface area contributed by atoms with Crippen LogP contribution in [0.3, 0.4) is 0 Å². The van der Waals surface area contributed by atoms with Gasteiger partial charge in [-0.1, -0.05) is 50.6 Å². The second-order valence-electron chi connectivity index (χ2n) is 3.73. The minimum absolute atomic E-state index is 0.744. The van der Waals surface area contributed by atoms with E-state index in [0.717, 1.165) is 19.6 Å². The number of rotatable bonds is 6. The van der Waals surface area contributed by atoms with Gasteiger partial charge in [-0.3, -0.25) is 0 Å². The van der Waals surface area contributed by atoms with Gasteiger partial charge in [-0.2, -0.15) is 0 Å². The molecule has 0 aliphatic carbocycles. The monoisotopic (exact) mass is 222 g/mol. The summed E-state index contributed by atoms with van der Waals surface area (Å²) in [6.07, 6.45) is 3.83. The molecule has 0 bridgehead atoms. The van der Waals surface area contributed by atoms with Crippen molar-refractivity contribution in [3.63, 3.8) is 0 Å². The summed E-state index contributed by atoms with van der Waals surface area (Å²) in [4.78, 5) is 0. The molecule has 2 nitrogen and oxygen atoms in total. The largest absolute Gasteiger partial charge is 0.329 e. The van der Waals surface area contributed by atoms with Crippen molar-refractivity contribution in [1.29, 1.82) is 0 Å².